The summed E-state index contributed by atoms with van der Waals surface area (Å²) in [5.41, 5.74) is 3.47. The van der Waals surface area contributed by atoms with Gasteiger partial charge in [0.15, 0.2) is 11.5 Å². The van der Waals surface area contributed by atoms with Gasteiger partial charge in [0.05, 0.1) is 26.4 Å². The summed E-state index contributed by atoms with van der Waals surface area (Å²) in [4.78, 5) is 4.97. The van der Waals surface area contributed by atoms with Gasteiger partial charge in [0.25, 0.3) is 0 Å². The van der Waals surface area contributed by atoms with Gasteiger partial charge >= 0.3 is 0 Å². The van der Waals surface area contributed by atoms with E-state index in [1.54, 1.807) is 14.2 Å². The van der Waals surface area contributed by atoms with Crippen molar-refractivity contribution in [3.63, 3.8) is 0 Å². The number of piperazine rings is 1. The summed E-state index contributed by atoms with van der Waals surface area (Å²) in [5, 5.41) is 0.785. The van der Waals surface area contributed by atoms with Gasteiger partial charge in [-0.3, -0.25) is 4.90 Å². The summed E-state index contributed by atoms with van der Waals surface area (Å²) >= 11 is 6.02. The first-order valence-electron chi connectivity index (χ1n) is 10.6. The Morgan fingerprint density at radius 3 is 2.33 bits per heavy atom. The van der Waals surface area contributed by atoms with E-state index in [9.17, 15) is 0 Å². The van der Waals surface area contributed by atoms with Crippen LogP contribution in [0.1, 0.15) is 24.5 Å². The smallest absolute Gasteiger partial charge is 0.161 e. The Balaban J connectivity index is 1.39. The van der Waals surface area contributed by atoms with E-state index < -0.39 is 0 Å². The minimum absolute atomic E-state index is 0.305. The number of benzene rings is 2. The number of hydrogen-bond donors (Lipinski definition) is 0. The molecular formula is C24H31ClN2O3. The average Bonchev–Trinajstić information content (AvgIpc) is 2.78. The van der Waals surface area contributed by atoms with E-state index in [-0.39, 0.29) is 5.60 Å². The maximum Gasteiger partial charge on any atom is 0.161 e. The predicted octanol–water partition coefficient (Wildman–Crippen LogP) is 4.36. The molecule has 0 bridgehead atoms. The molecular weight excluding hydrogens is 400 g/mol. The first-order chi connectivity index (χ1) is 14.5. The zero-order valence-corrected chi connectivity index (χ0v) is 18.9. The lowest BCUT2D eigenvalue weighted by molar-refractivity contribution is -0.0575. The predicted molar refractivity (Wildman–Crippen MR) is 121 cm³/mol. The average molecular weight is 431 g/mol. The Hall–Kier alpha value is -1.95. The number of hydrogen-bond acceptors (Lipinski definition) is 5. The van der Waals surface area contributed by atoms with Gasteiger partial charge in [-0.2, -0.15) is 0 Å². The monoisotopic (exact) mass is 430 g/mol. The molecule has 1 unspecified atom stereocenters. The Bertz CT molecular complexity index is 865. The number of ether oxygens (including phenoxy) is 3. The molecule has 0 aliphatic carbocycles. The van der Waals surface area contributed by atoms with E-state index in [0.717, 1.165) is 68.7 Å². The zero-order chi connectivity index (χ0) is 21.1. The fourth-order valence-corrected chi connectivity index (χ4v) is 4.67. The van der Waals surface area contributed by atoms with E-state index in [4.69, 9.17) is 25.8 Å². The van der Waals surface area contributed by atoms with Crippen molar-refractivity contribution in [3.8, 4) is 11.5 Å². The molecule has 1 saturated heterocycles. The van der Waals surface area contributed by atoms with Crippen LogP contribution in [0.15, 0.2) is 36.4 Å². The number of rotatable bonds is 6. The van der Waals surface area contributed by atoms with Crippen LogP contribution in [0.3, 0.4) is 0 Å². The lowest BCUT2D eigenvalue weighted by Gasteiger charge is -2.40. The molecule has 2 aliphatic heterocycles. The molecule has 0 amide bonds. The van der Waals surface area contributed by atoms with Crippen molar-refractivity contribution in [2.45, 2.75) is 25.4 Å². The van der Waals surface area contributed by atoms with E-state index in [2.05, 4.69) is 41.0 Å². The first kappa shape index (κ1) is 21.3. The summed E-state index contributed by atoms with van der Waals surface area (Å²) in [6.07, 6.45) is 1.86. The number of halogens is 1. The highest BCUT2D eigenvalue weighted by Gasteiger charge is 2.35. The van der Waals surface area contributed by atoms with Gasteiger partial charge in [-0.15, -0.1) is 0 Å². The summed E-state index contributed by atoms with van der Waals surface area (Å²) in [5.74, 6) is 1.56. The number of fused-ring (bicyclic) bond motifs is 1. The highest BCUT2D eigenvalue weighted by atomic mass is 35.5. The SMILES string of the molecule is COc1cc2c(cc1OC)C(C)(CCN1CCN(c3ccc(Cl)cc3)CC1)OCC2. The van der Waals surface area contributed by atoms with Crippen LogP contribution in [0.5, 0.6) is 11.5 Å². The van der Waals surface area contributed by atoms with Crippen LogP contribution in [0, 0.1) is 0 Å². The quantitative estimate of drug-likeness (QED) is 0.680. The van der Waals surface area contributed by atoms with Crippen molar-refractivity contribution >= 4 is 17.3 Å². The molecule has 0 radical (unpaired) electrons. The van der Waals surface area contributed by atoms with Crippen molar-refractivity contribution in [1.82, 2.24) is 4.90 Å². The van der Waals surface area contributed by atoms with Crippen molar-refractivity contribution in [1.29, 1.82) is 0 Å². The van der Waals surface area contributed by atoms with Gasteiger partial charge in [-0.1, -0.05) is 11.6 Å². The molecule has 0 spiro atoms. The maximum absolute atomic E-state index is 6.31. The number of nitrogens with zero attached hydrogens (tertiary/aromatic N) is 2. The van der Waals surface area contributed by atoms with Crippen molar-refractivity contribution in [3.05, 3.63) is 52.5 Å². The molecule has 2 aromatic carbocycles. The van der Waals surface area contributed by atoms with E-state index >= 15 is 0 Å². The molecule has 2 aromatic rings. The van der Waals surface area contributed by atoms with Crippen LogP contribution in [0.25, 0.3) is 0 Å². The normalized spacial score (nSPS) is 21.9. The highest BCUT2D eigenvalue weighted by molar-refractivity contribution is 6.30. The number of anilines is 1. The van der Waals surface area contributed by atoms with Crippen molar-refractivity contribution in [2.24, 2.45) is 0 Å². The molecule has 0 saturated carbocycles. The summed E-state index contributed by atoms with van der Waals surface area (Å²) in [6, 6.07) is 12.4. The van der Waals surface area contributed by atoms with E-state index in [0.29, 0.717) is 0 Å². The molecule has 30 heavy (non-hydrogen) atoms. The maximum atomic E-state index is 6.31. The summed E-state index contributed by atoms with van der Waals surface area (Å²) in [7, 11) is 3.37. The van der Waals surface area contributed by atoms with Crippen LogP contribution in [0.4, 0.5) is 5.69 Å². The van der Waals surface area contributed by atoms with Gasteiger partial charge in [0.1, 0.15) is 0 Å². The third kappa shape index (κ3) is 4.39. The fourth-order valence-electron chi connectivity index (χ4n) is 4.54. The Labute approximate surface area is 184 Å². The second-order valence-electron chi connectivity index (χ2n) is 8.25. The molecule has 2 heterocycles. The molecule has 6 heteroatoms. The second kappa shape index (κ2) is 9.04. The topological polar surface area (TPSA) is 34.2 Å². The van der Waals surface area contributed by atoms with Crippen LogP contribution < -0.4 is 14.4 Å². The molecule has 0 N–H and O–H groups in total. The first-order valence-corrected chi connectivity index (χ1v) is 11.0. The third-order valence-corrected chi connectivity index (χ3v) is 6.69. The lowest BCUT2D eigenvalue weighted by Crippen LogP contribution is -2.48. The standard InChI is InChI=1S/C24H31ClN2O3/c1-24(21-17-23(29-3)22(28-2)16-18(21)8-15-30-24)9-10-26-11-13-27(14-12-26)20-6-4-19(25)5-7-20/h4-7,16-17H,8-15H2,1-3H3. The largest absolute Gasteiger partial charge is 0.493 e. The summed E-state index contributed by atoms with van der Waals surface area (Å²) < 4.78 is 17.4. The van der Waals surface area contributed by atoms with Crippen molar-refractivity contribution in [2.75, 3.05) is 58.5 Å². The Morgan fingerprint density at radius 1 is 1.00 bits per heavy atom. The van der Waals surface area contributed by atoms with Crippen LogP contribution in [0.2, 0.25) is 5.02 Å². The molecule has 5 nitrogen and oxygen atoms in total. The van der Waals surface area contributed by atoms with Gasteiger partial charge in [-0.25, -0.2) is 0 Å². The van der Waals surface area contributed by atoms with Crippen molar-refractivity contribution < 1.29 is 14.2 Å². The van der Waals surface area contributed by atoms with E-state index in [1.807, 2.05) is 12.1 Å². The summed E-state index contributed by atoms with van der Waals surface area (Å²) in [6.45, 7) is 8.12. The molecule has 1 atom stereocenters. The minimum atomic E-state index is -0.305. The minimum Gasteiger partial charge on any atom is -0.493 e. The van der Waals surface area contributed by atoms with E-state index in [1.165, 1.54) is 16.8 Å². The van der Waals surface area contributed by atoms with Gasteiger partial charge < -0.3 is 19.1 Å². The van der Waals surface area contributed by atoms with Crippen LogP contribution in [-0.4, -0.2) is 58.5 Å². The highest BCUT2D eigenvalue weighted by Crippen LogP contribution is 2.41. The lowest BCUT2D eigenvalue weighted by atomic mass is 9.84. The third-order valence-electron chi connectivity index (χ3n) is 6.44. The van der Waals surface area contributed by atoms with Crippen LogP contribution in [-0.2, 0) is 16.8 Å². The second-order valence-corrected chi connectivity index (χ2v) is 8.69. The Kier molecular flexibility index (Phi) is 6.42. The Morgan fingerprint density at radius 2 is 1.67 bits per heavy atom. The van der Waals surface area contributed by atoms with Gasteiger partial charge in [0, 0.05) is 43.4 Å². The molecule has 1 fully saturated rings. The van der Waals surface area contributed by atoms with Gasteiger partial charge in [0.2, 0.25) is 0 Å². The molecule has 4 rings (SSSR count). The molecule has 162 valence electrons. The molecule has 0 aromatic heterocycles. The van der Waals surface area contributed by atoms with Gasteiger partial charge in [-0.05, 0) is 67.3 Å². The molecule has 2 aliphatic rings. The van der Waals surface area contributed by atoms with Crippen LogP contribution >= 0.6 is 11.6 Å². The zero-order valence-electron chi connectivity index (χ0n) is 18.1. The fraction of sp³-hybridized carbons (Fsp3) is 0.500. The number of methoxy groups -OCH3 is 2.